The van der Waals surface area contributed by atoms with Crippen LogP contribution >= 0.6 is 11.3 Å². The Morgan fingerprint density at radius 3 is 2.55 bits per heavy atom. The molecule has 2 bridgehead atoms. The summed E-state index contributed by atoms with van der Waals surface area (Å²) in [7, 11) is 0. The van der Waals surface area contributed by atoms with Crippen LogP contribution in [0.15, 0.2) is 42.5 Å². The van der Waals surface area contributed by atoms with Gasteiger partial charge in [0.25, 0.3) is 0 Å². The molecule has 3 heteroatoms. The van der Waals surface area contributed by atoms with Crippen molar-refractivity contribution in [3.63, 3.8) is 0 Å². The molecule has 3 aliphatic heterocycles. The molecule has 0 spiro atoms. The van der Waals surface area contributed by atoms with E-state index in [4.69, 9.17) is 0 Å². The first-order valence-corrected chi connectivity index (χ1v) is 8.92. The topological polar surface area (TPSA) is 23.5 Å². The molecule has 3 aliphatic rings. The predicted molar refractivity (Wildman–Crippen MR) is 92.4 cm³/mol. The van der Waals surface area contributed by atoms with E-state index in [9.17, 15) is 5.11 Å². The number of hydrogen-bond acceptors (Lipinski definition) is 3. The van der Waals surface area contributed by atoms with Crippen molar-refractivity contribution in [2.45, 2.75) is 18.4 Å². The van der Waals surface area contributed by atoms with E-state index in [0.29, 0.717) is 5.92 Å². The molecule has 1 N–H and O–H groups in total. The minimum absolute atomic E-state index is 0.417. The third-order valence-electron chi connectivity index (χ3n) is 5.60. The minimum atomic E-state index is -0.659. The van der Waals surface area contributed by atoms with Crippen LogP contribution < -0.4 is 0 Å². The van der Waals surface area contributed by atoms with Crippen LogP contribution in [0.25, 0.3) is 20.2 Å². The smallest absolute Gasteiger partial charge is 0.105 e. The van der Waals surface area contributed by atoms with Gasteiger partial charge >= 0.3 is 0 Å². The van der Waals surface area contributed by atoms with Gasteiger partial charge in [-0.3, -0.25) is 0 Å². The number of benzene rings is 2. The second kappa shape index (κ2) is 4.54. The fraction of sp³-hybridized carbons (Fsp3) is 0.368. The van der Waals surface area contributed by atoms with Gasteiger partial charge in [-0.15, -0.1) is 11.3 Å². The molecule has 1 atom stereocenters. The predicted octanol–water partition coefficient (Wildman–Crippen LogP) is 3.97. The van der Waals surface area contributed by atoms with E-state index >= 15 is 0 Å². The first-order chi connectivity index (χ1) is 10.7. The number of thiophene rings is 1. The standard InChI is InChI=1S/C19H19NOS/c21-19(12-20-9-7-13(19)8-10-20)14-5-6-18-16(11-14)15-3-1-2-4-17(15)22-18/h1-6,11,13,21H,7-10,12H2. The Balaban J connectivity index is 1.70. The lowest BCUT2D eigenvalue weighted by molar-refractivity contribution is -0.117. The number of aliphatic hydroxyl groups is 1. The zero-order valence-corrected chi connectivity index (χ0v) is 13.3. The van der Waals surface area contributed by atoms with Gasteiger partial charge in [0.2, 0.25) is 0 Å². The van der Waals surface area contributed by atoms with Crippen LogP contribution in [0.2, 0.25) is 0 Å². The molecule has 0 aliphatic carbocycles. The molecule has 3 saturated heterocycles. The van der Waals surface area contributed by atoms with Crippen LogP contribution in [0.4, 0.5) is 0 Å². The highest BCUT2D eigenvalue weighted by Gasteiger charge is 2.46. The van der Waals surface area contributed by atoms with Crippen LogP contribution in [0.1, 0.15) is 18.4 Å². The van der Waals surface area contributed by atoms with Gasteiger partial charge < -0.3 is 10.0 Å². The third kappa shape index (κ3) is 1.73. The van der Waals surface area contributed by atoms with Crippen molar-refractivity contribution in [3.8, 4) is 0 Å². The van der Waals surface area contributed by atoms with Crippen molar-refractivity contribution in [2.75, 3.05) is 19.6 Å². The number of fused-ring (bicyclic) bond motifs is 6. The summed E-state index contributed by atoms with van der Waals surface area (Å²) in [4.78, 5) is 2.41. The van der Waals surface area contributed by atoms with E-state index in [1.165, 1.54) is 20.2 Å². The van der Waals surface area contributed by atoms with E-state index in [1.807, 2.05) is 11.3 Å². The van der Waals surface area contributed by atoms with Gasteiger partial charge in [-0.25, -0.2) is 0 Å². The Morgan fingerprint density at radius 1 is 1.00 bits per heavy atom. The first-order valence-electron chi connectivity index (χ1n) is 8.10. The Hall–Kier alpha value is -1.42. The lowest BCUT2D eigenvalue weighted by Gasteiger charge is -2.50. The fourth-order valence-corrected chi connectivity index (χ4v) is 5.45. The maximum absolute atomic E-state index is 11.4. The first kappa shape index (κ1) is 13.1. The van der Waals surface area contributed by atoms with Crippen molar-refractivity contribution >= 4 is 31.5 Å². The molecule has 2 aromatic carbocycles. The minimum Gasteiger partial charge on any atom is -0.384 e. The molecular formula is C19H19NOS. The largest absolute Gasteiger partial charge is 0.384 e. The number of rotatable bonds is 1. The lowest BCUT2D eigenvalue weighted by Crippen LogP contribution is -2.57. The second-order valence-electron chi connectivity index (χ2n) is 6.78. The fourth-order valence-electron chi connectivity index (χ4n) is 4.36. The van der Waals surface area contributed by atoms with Gasteiger partial charge in [-0.05, 0) is 55.6 Å². The normalized spacial score (nSPS) is 31.1. The van der Waals surface area contributed by atoms with Crippen molar-refractivity contribution < 1.29 is 5.11 Å². The summed E-state index contributed by atoms with van der Waals surface area (Å²) in [6.45, 7) is 3.10. The molecule has 0 amide bonds. The van der Waals surface area contributed by atoms with Crippen LogP contribution in [0, 0.1) is 5.92 Å². The number of nitrogens with zero attached hydrogens (tertiary/aromatic N) is 1. The Bertz CT molecular complexity index is 862. The van der Waals surface area contributed by atoms with Gasteiger partial charge in [-0.1, -0.05) is 24.3 Å². The van der Waals surface area contributed by atoms with Gasteiger partial charge in [0.1, 0.15) is 5.60 Å². The van der Waals surface area contributed by atoms with E-state index in [0.717, 1.165) is 38.0 Å². The van der Waals surface area contributed by atoms with E-state index in [2.05, 4.69) is 47.4 Å². The number of hydrogen-bond donors (Lipinski definition) is 1. The van der Waals surface area contributed by atoms with Gasteiger partial charge in [0.05, 0.1) is 0 Å². The summed E-state index contributed by atoms with van der Waals surface area (Å²) in [6.07, 6.45) is 2.25. The second-order valence-corrected chi connectivity index (χ2v) is 7.87. The Morgan fingerprint density at radius 2 is 1.77 bits per heavy atom. The van der Waals surface area contributed by atoms with E-state index < -0.39 is 5.60 Å². The Kier molecular flexibility index (Phi) is 2.70. The van der Waals surface area contributed by atoms with Crippen LogP contribution in [0.5, 0.6) is 0 Å². The van der Waals surface area contributed by atoms with Crippen LogP contribution in [-0.2, 0) is 5.60 Å². The molecule has 0 radical (unpaired) electrons. The molecule has 1 unspecified atom stereocenters. The third-order valence-corrected chi connectivity index (χ3v) is 6.76. The van der Waals surface area contributed by atoms with E-state index in [-0.39, 0.29) is 0 Å². The van der Waals surface area contributed by atoms with Gasteiger partial charge in [-0.2, -0.15) is 0 Å². The molecular weight excluding hydrogens is 290 g/mol. The molecule has 2 nitrogen and oxygen atoms in total. The SMILES string of the molecule is OC1(c2ccc3sc4ccccc4c3c2)CN2CCC1CC2. The summed E-state index contributed by atoms with van der Waals surface area (Å²) in [6, 6.07) is 15.2. The molecule has 0 saturated carbocycles. The van der Waals surface area contributed by atoms with Crippen molar-refractivity contribution in [2.24, 2.45) is 5.92 Å². The highest BCUT2D eigenvalue weighted by molar-refractivity contribution is 7.25. The maximum atomic E-state index is 11.4. The summed E-state index contributed by atoms with van der Waals surface area (Å²) < 4.78 is 2.64. The highest BCUT2D eigenvalue weighted by Crippen LogP contribution is 2.44. The number of piperidine rings is 3. The lowest BCUT2D eigenvalue weighted by atomic mass is 9.71. The molecule has 112 valence electrons. The van der Waals surface area contributed by atoms with Crippen LogP contribution in [-0.4, -0.2) is 29.6 Å². The molecule has 22 heavy (non-hydrogen) atoms. The van der Waals surface area contributed by atoms with Crippen molar-refractivity contribution in [1.82, 2.24) is 4.90 Å². The summed E-state index contributed by atoms with van der Waals surface area (Å²) >= 11 is 1.84. The van der Waals surface area contributed by atoms with Gasteiger partial charge in [0.15, 0.2) is 0 Å². The average molecular weight is 309 g/mol. The summed E-state index contributed by atoms with van der Waals surface area (Å²) in [5, 5.41) is 14.0. The molecule has 4 heterocycles. The molecule has 1 aromatic heterocycles. The molecule has 3 aromatic rings. The van der Waals surface area contributed by atoms with E-state index in [1.54, 1.807) is 0 Å². The monoisotopic (exact) mass is 309 g/mol. The molecule has 6 rings (SSSR count). The maximum Gasteiger partial charge on any atom is 0.105 e. The van der Waals surface area contributed by atoms with Crippen LogP contribution in [0.3, 0.4) is 0 Å². The highest BCUT2D eigenvalue weighted by atomic mass is 32.1. The summed E-state index contributed by atoms with van der Waals surface area (Å²) in [5.74, 6) is 0.417. The zero-order chi connectivity index (χ0) is 14.7. The Labute approximate surface area is 134 Å². The van der Waals surface area contributed by atoms with Crippen molar-refractivity contribution in [1.29, 1.82) is 0 Å². The average Bonchev–Trinajstić information content (AvgIpc) is 2.93. The zero-order valence-electron chi connectivity index (χ0n) is 12.5. The summed E-state index contributed by atoms with van der Waals surface area (Å²) in [5.41, 5.74) is 0.450. The quantitative estimate of drug-likeness (QED) is 0.735. The molecule has 3 fully saturated rings. The van der Waals surface area contributed by atoms with Crippen molar-refractivity contribution in [3.05, 3.63) is 48.0 Å². The van der Waals surface area contributed by atoms with Gasteiger partial charge in [0, 0.05) is 26.7 Å².